The maximum atomic E-state index is 11.7. The first-order valence-corrected chi connectivity index (χ1v) is 5.87. The molecule has 6 nitrogen and oxygen atoms in total. The van der Waals surface area contributed by atoms with E-state index in [0.29, 0.717) is 17.1 Å². The number of phenolic OH excluding ortho intramolecular Hbond substituents is 1. The summed E-state index contributed by atoms with van der Waals surface area (Å²) < 4.78 is 10.2. The van der Waals surface area contributed by atoms with Crippen LogP contribution in [0.3, 0.4) is 0 Å². The Morgan fingerprint density at radius 1 is 1.40 bits per heavy atom. The Balaban J connectivity index is 2.05. The Kier molecular flexibility index (Phi) is 4.05. The van der Waals surface area contributed by atoms with Gasteiger partial charge in [0, 0.05) is 5.56 Å². The van der Waals surface area contributed by atoms with Gasteiger partial charge in [0.05, 0.1) is 13.3 Å². The minimum Gasteiger partial charge on any atom is -0.507 e. The van der Waals surface area contributed by atoms with Gasteiger partial charge in [0.1, 0.15) is 17.3 Å². The van der Waals surface area contributed by atoms with E-state index in [9.17, 15) is 9.90 Å². The van der Waals surface area contributed by atoms with Crippen molar-refractivity contribution in [1.29, 1.82) is 0 Å². The highest BCUT2D eigenvalue weighted by atomic mass is 16.5. The fourth-order valence-electron chi connectivity index (χ4n) is 1.54. The van der Waals surface area contributed by atoms with Gasteiger partial charge in [-0.25, -0.2) is 5.43 Å². The highest BCUT2D eigenvalue weighted by Crippen LogP contribution is 2.20. The molecule has 2 rings (SSSR count). The van der Waals surface area contributed by atoms with Gasteiger partial charge in [0.15, 0.2) is 5.76 Å². The fourth-order valence-corrected chi connectivity index (χ4v) is 1.54. The largest absolute Gasteiger partial charge is 0.507 e. The van der Waals surface area contributed by atoms with Crippen molar-refractivity contribution in [1.82, 2.24) is 5.43 Å². The first kappa shape index (κ1) is 13.7. The predicted octanol–water partition coefficient (Wildman–Crippen LogP) is 2.07. The Hall–Kier alpha value is -2.76. The molecule has 1 amide bonds. The van der Waals surface area contributed by atoms with Crippen molar-refractivity contribution >= 4 is 12.1 Å². The Bertz CT molecular complexity index is 646. The second kappa shape index (κ2) is 5.92. The molecule has 2 aromatic rings. The van der Waals surface area contributed by atoms with E-state index in [2.05, 4.69) is 10.5 Å². The van der Waals surface area contributed by atoms with Crippen molar-refractivity contribution in [3.63, 3.8) is 0 Å². The minimum atomic E-state index is -0.461. The zero-order valence-corrected chi connectivity index (χ0v) is 11.1. The molecule has 0 unspecified atom stereocenters. The third-order valence-electron chi connectivity index (χ3n) is 2.57. The molecule has 1 aromatic carbocycles. The van der Waals surface area contributed by atoms with E-state index in [-0.39, 0.29) is 11.5 Å². The molecule has 0 saturated heterocycles. The summed E-state index contributed by atoms with van der Waals surface area (Å²) in [5.74, 6) is 0.977. The number of hydrogen-bond acceptors (Lipinski definition) is 5. The number of aromatic hydroxyl groups is 1. The Morgan fingerprint density at radius 2 is 2.20 bits per heavy atom. The molecule has 0 atom stereocenters. The molecule has 20 heavy (non-hydrogen) atoms. The zero-order chi connectivity index (χ0) is 14.5. The van der Waals surface area contributed by atoms with Crippen molar-refractivity contribution in [2.75, 3.05) is 7.11 Å². The number of phenols is 1. The second-order valence-corrected chi connectivity index (χ2v) is 4.03. The van der Waals surface area contributed by atoms with Gasteiger partial charge >= 0.3 is 5.91 Å². The monoisotopic (exact) mass is 274 g/mol. The fraction of sp³-hybridized carbons (Fsp3) is 0.143. The topological polar surface area (TPSA) is 84.1 Å². The van der Waals surface area contributed by atoms with Crippen LogP contribution in [0, 0.1) is 6.92 Å². The average molecular weight is 274 g/mol. The number of nitrogens with zero attached hydrogens (tertiary/aromatic N) is 1. The highest BCUT2D eigenvalue weighted by molar-refractivity contribution is 5.92. The number of methoxy groups -OCH3 is 1. The lowest BCUT2D eigenvalue weighted by Crippen LogP contribution is -2.16. The van der Waals surface area contributed by atoms with Crippen LogP contribution in [-0.4, -0.2) is 24.3 Å². The third kappa shape index (κ3) is 3.17. The highest BCUT2D eigenvalue weighted by Gasteiger charge is 2.08. The number of furan rings is 1. The molecule has 6 heteroatoms. The number of nitrogens with one attached hydrogen (secondary N) is 1. The van der Waals surface area contributed by atoms with Crippen LogP contribution in [0.25, 0.3) is 0 Å². The summed E-state index contributed by atoms with van der Waals surface area (Å²) in [5, 5.41) is 13.4. The van der Waals surface area contributed by atoms with Gasteiger partial charge in [-0.2, -0.15) is 5.10 Å². The summed E-state index contributed by atoms with van der Waals surface area (Å²) in [5.41, 5.74) is 2.74. The predicted molar refractivity (Wildman–Crippen MR) is 73.2 cm³/mol. The normalized spacial score (nSPS) is 10.7. The number of hydrazone groups is 1. The molecular weight excluding hydrogens is 260 g/mol. The first-order valence-electron chi connectivity index (χ1n) is 5.87. The maximum absolute atomic E-state index is 11.7. The van der Waals surface area contributed by atoms with Crippen LogP contribution in [0.1, 0.15) is 21.9 Å². The van der Waals surface area contributed by atoms with Gasteiger partial charge in [-0.05, 0) is 37.3 Å². The number of rotatable bonds is 4. The molecule has 1 aromatic heterocycles. The van der Waals surface area contributed by atoms with Gasteiger partial charge in [-0.1, -0.05) is 0 Å². The molecule has 0 spiro atoms. The van der Waals surface area contributed by atoms with Crippen molar-refractivity contribution in [2.24, 2.45) is 5.10 Å². The molecule has 0 radical (unpaired) electrons. The zero-order valence-electron chi connectivity index (χ0n) is 11.1. The number of benzene rings is 1. The van der Waals surface area contributed by atoms with Crippen molar-refractivity contribution < 1.29 is 19.1 Å². The van der Waals surface area contributed by atoms with Gasteiger partial charge in [-0.15, -0.1) is 0 Å². The standard InChI is InChI=1S/C14H14N2O4/c1-9-3-6-13(20-9)14(18)16-15-8-10-7-11(19-2)4-5-12(10)17/h3-8,17H,1-2H3,(H,16,18)/b15-8-. The van der Waals surface area contributed by atoms with Gasteiger partial charge in [-0.3, -0.25) is 4.79 Å². The molecule has 0 aliphatic carbocycles. The van der Waals surface area contributed by atoms with Crippen LogP contribution in [0.2, 0.25) is 0 Å². The summed E-state index contributed by atoms with van der Waals surface area (Å²) >= 11 is 0. The maximum Gasteiger partial charge on any atom is 0.307 e. The smallest absolute Gasteiger partial charge is 0.307 e. The molecule has 1 heterocycles. The molecule has 0 bridgehead atoms. The van der Waals surface area contributed by atoms with E-state index < -0.39 is 5.91 Å². The number of aryl methyl sites for hydroxylation is 1. The molecular formula is C14H14N2O4. The lowest BCUT2D eigenvalue weighted by molar-refractivity contribution is 0.0926. The summed E-state index contributed by atoms with van der Waals surface area (Å²) in [6, 6.07) is 7.95. The van der Waals surface area contributed by atoms with E-state index in [1.807, 2.05) is 0 Å². The van der Waals surface area contributed by atoms with E-state index in [1.165, 1.54) is 19.4 Å². The van der Waals surface area contributed by atoms with E-state index in [1.54, 1.807) is 31.2 Å². The summed E-state index contributed by atoms with van der Waals surface area (Å²) in [4.78, 5) is 11.7. The van der Waals surface area contributed by atoms with E-state index in [4.69, 9.17) is 9.15 Å². The number of carbonyl (C=O) groups excluding carboxylic acids is 1. The molecule has 0 aliphatic heterocycles. The van der Waals surface area contributed by atoms with Crippen LogP contribution in [0.5, 0.6) is 11.5 Å². The molecule has 0 saturated carbocycles. The molecule has 104 valence electrons. The molecule has 0 fully saturated rings. The van der Waals surface area contributed by atoms with Crippen molar-refractivity contribution in [3.8, 4) is 11.5 Å². The summed E-state index contributed by atoms with van der Waals surface area (Å²) in [6.45, 7) is 1.74. The van der Waals surface area contributed by atoms with Crippen molar-refractivity contribution in [3.05, 3.63) is 47.4 Å². The van der Waals surface area contributed by atoms with E-state index in [0.717, 1.165) is 0 Å². The molecule has 2 N–H and O–H groups in total. The first-order chi connectivity index (χ1) is 9.60. The van der Waals surface area contributed by atoms with Crippen LogP contribution in [-0.2, 0) is 0 Å². The van der Waals surface area contributed by atoms with Crippen LogP contribution in [0.4, 0.5) is 0 Å². The number of hydrogen-bond donors (Lipinski definition) is 2. The van der Waals surface area contributed by atoms with Gasteiger partial charge < -0.3 is 14.3 Å². The lowest BCUT2D eigenvalue weighted by Gasteiger charge is -2.02. The van der Waals surface area contributed by atoms with Gasteiger partial charge in [0.25, 0.3) is 0 Å². The molecule has 0 aliphatic rings. The van der Waals surface area contributed by atoms with E-state index >= 15 is 0 Å². The Labute approximate surface area is 115 Å². The lowest BCUT2D eigenvalue weighted by atomic mass is 10.2. The van der Waals surface area contributed by atoms with Gasteiger partial charge in [0.2, 0.25) is 0 Å². The van der Waals surface area contributed by atoms with Crippen LogP contribution in [0.15, 0.2) is 39.9 Å². The quantitative estimate of drug-likeness (QED) is 0.660. The van der Waals surface area contributed by atoms with Crippen LogP contribution >= 0.6 is 0 Å². The number of ether oxygens (including phenoxy) is 1. The average Bonchev–Trinajstić information content (AvgIpc) is 2.87. The Morgan fingerprint density at radius 3 is 2.85 bits per heavy atom. The SMILES string of the molecule is COc1ccc(O)c(/C=N\NC(=O)c2ccc(C)o2)c1. The number of carbonyl (C=O) groups is 1. The van der Waals surface area contributed by atoms with Crippen molar-refractivity contribution in [2.45, 2.75) is 6.92 Å². The third-order valence-corrected chi connectivity index (χ3v) is 2.57. The number of amides is 1. The minimum absolute atomic E-state index is 0.0395. The summed E-state index contributed by atoms with van der Waals surface area (Å²) in [6.07, 6.45) is 1.32. The van der Waals surface area contributed by atoms with Crippen LogP contribution < -0.4 is 10.2 Å². The summed E-state index contributed by atoms with van der Waals surface area (Å²) in [7, 11) is 1.52. The second-order valence-electron chi connectivity index (χ2n) is 4.03.